The lowest BCUT2D eigenvalue weighted by Gasteiger charge is -2.36. The van der Waals surface area contributed by atoms with Crippen LogP contribution in [0.4, 0.5) is 5.69 Å². The van der Waals surface area contributed by atoms with Gasteiger partial charge in [-0.1, -0.05) is 38.3 Å². The normalized spacial score (nSPS) is 22.3. The number of halogens is 1. The van der Waals surface area contributed by atoms with Crippen LogP contribution in [0, 0.1) is 5.92 Å². The molecule has 0 aliphatic heterocycles. The maximum atomic E-state index is 6.20. The number of rotatable bonds is 6. The number of hydrogen-bond donors (Lipinski definition) is 1. The summed E-state index contributed by atoms with van der Waals surface area (Å²) in [4.78, 5) is 2.48. The molecular formula is C18H29ClN2. The van der Waals surface area contributed by atoms with Crippen LogP contribution in [0.15, 0.2) is 18.2 Å². The standard InChI is InChI=1S/C18H29ClN2/c1-4-10-20-13-15-12-16(19)8-9-18(15)21(3)17-7-5-6-14(2)11-17/h8-9,12,14,17,20H,4-7,10-11,13H2,1-3H3. The van der Waals surface area contributed by atoms with Crippen molar-refractivity contribution in [3.63, 3.8) is 0 Å². The molecule has 3 heteroatoms. The van der Waals surface area contributed by atoms with E-state index in [1.165, 1.54) is 36.9 Å². The number of anilines is 1. The minimum Gasteiger partial charge on any atom is -0.371 e. The highest BCUT2D eigenvalue weighted by atomic mass is 35.5. The van der Waals surface area contributed by atoms with Gasteiger partial charge in [0.2, 0.25) is 0 Å². The SMILES string of the molecule is CCCNCc1cc(Cl)ccc1N(C)C1CCCC(C)C1. The lowest BCUT2D eigenvalue weighted by atomic mass is 9.86. The Morgan fingerprint density at radius 1 is 1.33 bits per heavy atom. The molecule has 21 heavy (non-hydrogen) atoms. The molecule has 1 fully saturated rings. The minimum absolute atomic E-state index is 0.667. The lowest BCUT2D eigenvalue weighted by Crippen LogP contribution is -2.36. The molecule has 2 rings (SSSR count). The topological polar surface area (TPSA) is 15.3 Å². The average molecular weight is 309 g/mol. The molecule has 2 atom stereocenters. The highest BCUT2D eigenvalue weighted by Gasteiger charge is 2.23. The maximum Gasteiger partial charge on any atom is 0.0412 e. The smallest absolute Gasteiger partial charge is 0.0412 e. The van der Waals surface area contributed by atoms with Crippen LogP contribution in [0.2, 0.25) is 5.02 Å². The molecule has 0 bridgehead atoms. The second kappa shape index (κ2) is 8.05. The monoisotopic (exact) mass is 308 g/mol. The van der Waals surface area contributed by atoms with Crippen molar-refractivity contribution in [2.75, 3.05) is 18.5 Å². The maximum absolute atomic E-state index is 6.20. The first kappa shape index (κ1) is 16.6. The molecule has 1 aliphatic carbocycles. The molecule has 1 saturated carbocycles. The number of benzene rings is 1. The summed E-state index contributed by atoms with van der Waals surface area (Å²) in [5.74, 6) is 0.847. The van der Waals surface area contributed by atoms with Crippen molar-refractivity contribution < 1.29 is 0 Å². The van der Waals surface area contributed by atoms with E-state index < -0.39 is 0 Å². The molecule has 1 N–H and O–H groups in total. The lowest BCUT2D eigenvalue weighted by molar-refractivity contribution is 0.336. The minimum atomic E-state index is 0.667. The molecule has 1 aliphatic rings. The zero-order valence-corrected chi connectivity index (χ0v) is 14.4. The Bertz CT molecular complexity index is 447. The summed E-state index contributed by atoms with van der Waals surface area (Å²) >= 11 is 6.20. The molecular weight excluding hydrogens is 280 g/mol. The predicted octanol–water partition coefficient (Wildman–Crippen LogP) is 4.85. The number of nitrogens with zero attached hydrogens (tertiary/aromatic N) is 1. The van der Waals surface area contributed by atoms with Crippen molar-refractivity contribution >= 4 is 17.3 Å². The third kappa shape index (κ3) is 4.62. The Morgan fingerprint density at radius 3 is 2.86 bits per heavy atom. The highest BCUT2D eigenvalue weighted by Crippen LogP contribution is 2.32. The molecule has 0 amide bonds. The second-order valence-corrected chi connectivity index (χ2v) is 6.92. The van der Waals surface area contributed by atoms with E-state index in [1.54, 1.807) is 0 Å². The van der Waals surface area contributed by atoms with E-state index in [2.05, 4.69) is 43.2 Å². The fourth-order valence-corrected chi connectivity index (χ4v) is 3.58. The largest absolute Gasteiger partial charge is 0.371 e. The van der Waals surface area contributed by atoms with Crippen molar-refractivity contribution in [1.29, 1.82) is 0 Å². The molecule has 2 unspecified atom stereocenters. The number of nitrogens with one attached hydrogen (secondary N) is 1. The van der Waals surface area contributed by atoms with Crippen LogP contribution in [-0.4, -0.2) is 19.6 Å². The van der Waals surface area contributed by atoms with E-state index in [-0.39, 0.29) is 0 Å². The quantitative estimate of drug-likeness (QED) is 0.755. The van der Waals surface area contributed by atoms with E-state index in [4.69, 9.17) is 11.6 Å². The van der Waals surface area contributed by atoms with Crippen molar-refractivity contribution in [3.05, 3.63) is 28.8 Å². The van der Waals surface area contributed by atoms with Gasteiger partial charge in [0.25, 0.3) is 0 Å². The van der Waals surface area contributed by atoms with Crippen LogP contribution < -0.4 is 10.2 Å². The van der Waals surface area contributed by atoms with Crippen molar-refractivity contribution in [1.82, 2.24) is 5.32 Å². The van der Waals surface area contributed by atoms with Crippen LogP contribution >= 0.6 is 11.6 Å². The van der Waals surface area contributed by atoms with Crippen LogP contribution in [-0.2, 0) is 6.54 Å². The first-order valence-electron chi connectivity index (χ1n) is 8.33. The molecule has 0 saturated heterocycles. The summed E-state index contributed by atoms with van der Waals surface area (Å²) in [7, 11) is 2.25. The van der Waals surface area contributed by atoms with Crippen molar-refractivity contribution in [2.45, 2.75) is 58.5 Å². The Labute approximate surface area is 134 Å². The zero-order valence-electron chi connectivity index (χ0n) is 13.7. The van der Waals surface area contributed by atoms with Gasteiger partial charge in [0, 0.05) is 30.3 Å². The third-order valence-corrected chi connectivity index (χ3v) is 4.86. The van der Waals surface area contributed by atoms with E-state index in [9.17, 15) is 0 Å². The average Bonchev–Trinajstić information content (AvgIpc) is 2.47. The fraction of sp³-hybridized carbons (Fsp3) is 0.667. The molecule has 0 heterocycles. The summed E-state index contributed by atoms with van der Waals surface area (Å²) in [5.41, 5.74) is 2.65. The van der Waals surface area contributed by atoms with Gasteiger partial charge >= 0.3 is 0 Å². The van der Waals surface area contributed by atoms with Gasteiger partial charge in [-0.25, -0.2) is 0 Å². The van der Waals surface area contributed by atoms with Gasteiger partial charge < -0.3 is 10.2 Å². The zero-order chi connectivity index (χ0) is 15.2. The van der Waals surface area contributed by atoms with Crippen LogP contribution in [0.1, 0.15) is 51.5 Å². The third-order valence-electron chi connectivity index (χ3n) is 4.62. The first-order chi connectivity index (χ1) is 10.1. The second-order valence-electron chi connectivity index (χ2n) is 6.49. The van der Waals surface area contributed by atoms with Gasteiger partial charge in [-0.05, 0) is 55.5 Å². The summed E-state index contributed by atoms with van der Waals surface area (Å²) in [6.45, 7) is 6.53. The molecule has 2 nitrogen and oxygen atoms in total. The number of hydrogen-bond acceptors (Lipinski definition) is 2. The molecule has 0 spiro atoms. The van der Waals surface area contributed by atoms with E-state index in [1.807, 2.05) is 6.07 Å². The Morgan fingerprint density at radius 2 is 2.14 bits per heavy atom. The summed E-state index contributed by atoms with van der Waals surface area (Å²) in [6, 6.07) is 6.98. The first-order valence-corrected chi connectivity index (χ1v) is 8.71. The summed E-state index contributed by atoms with van der Waals surface area (Å²) in [6.07, 6.45) is 6.52. The van der Waals surface area contributed by atoms with Crippen LogP contribution in [0.5, 0.6) is 0 Å². The van der Waals surface area contributed by atoms with Gasteiger partial charge in [0.1, 0.15) is 0 Å². The van der Waals surface area contributed by atoms with Crippen molar-refractivity contribution in [2.24, 2.45) is 5.92 Å². The Hall–Kier alpha value is -0.730. The summed E-state index contributed by atoms with van der Waals surface area (Å²) < 4.78 is 0. The van der Waals surface area contributed by atoms with E-state index in [0.29, 0.717) is 6.04 Å². The van der Waals surface area contributed by atoms with Crippen LogP contribution in [0.3, 0.4) is 0 Å². The van der Waals surface area contributed by atoms with Gasteiger partial charge in [0.15, 0.2) is 0 Å². The predicted molar refractivity (Wildman–Crippen MR) is 93.3 cm³/mol. The summed E-state index contributed by atoms with van der Waals surface area (Å²) in [5, 5.41) is 4.33. The molecule has 1 aromatic carbocycles. The highest BCUT2D eigenvalue weighted by molar-refractivity contribution is 6.30. The Balaban J connectivity index is 2.12. The van der Waals surface area contributed by atoms with Crippen LogP contribution in [0.25, 0.3) is 0 Å². The molecule has 0 aromatic heterocycles. The van der Waals surface area contributed by atoms with Gasteiger partial charge in [-0.2, -0.15) is 0 Å². The molecule has 118 valence electrons. The molecule has 0 radical (unpaired) electrons. The van der Waals surface area contributed by atoms with E-state index >= 15 is 0 Å². The van der Waals surface area contributed by atoms with E-state index in [0.717, 1.165) is 30.5 Å². The van der Waals surface area contributed by atoms with Gasteiger partial charge in [0.05, 0.1) is 0 Å². The van der Waals surface area contributed by atoms with Crippen molar-refractivity contribution in [3.8, 4) is 0 Å². The van der Waals surface area contributed by atoms with Gasteiger partial charge in [-0.3, -0.25) is 0 Å². The Kier molecular flexibility index (Phi) is 6.38. The molecule has 1 aromatic rings. The fourth-order valence-electron chi connectivity index (χ4n) is 3.39. The van der Waals surface area contributed by atoms with Gasteiger partial charge in [-0.15, -0.1) is 0 Å².